The Morgan fingerprint density at radius 2 is 1.97 bits per heavy atom. The van der Waals surface area contributed by atoms with Crippen molar-refractivity contribution in [2.24, 2.45) is 0 Å². The average molecular weight is 463 g/mol. The first kappa shape index (κ1) is 22.4. The van der Waals surface area contributed by atoms with Crippen LogP contribution in [0.3, 0.4) is 0 Å². The van der Waals surface area contributed by atoms with E-state index < -0.39 is 5.41 Å². The van der Waals surface area contributed by atoms with E-state index in [2.05, 4.69) is 30.9 Å². The first-order valence-electron chi connectivity index (χ1n) is 10.4. The van der Waals surface area contributed by atoms with Gasteiger partial charge in [0.2, 0.25) is 17.6 Å². The summed E-state index contributed by atoms with van der Waals surface area (Å²) in [6, 6.07) is 16.6. The number of amides is 1. The van der Waals surface area contributed by atoms with Crippen LogP contribution in [-0.4, -0.2) is 38.1 Å². The van der Waals surface area contributed by atoms with E-state index in [1.54, 1.807) is 18.3 Å². The summed E-state index contributed by atoms with van der Waals surface area (Å²) in [7, 11) is 0. The second kappa shape index (κ2) is 9.38. The van der Waals surface area contributed by atoms with Gasteiger partial charge in [-0.2, -0.15) is 5.21 Å². The van der Waals surface area contributed by atoms with E-state index in [1.807, 2.05) is 63.2 Å². The number of aromatic nitrogens is 5. The van der Waals surface area contributed by atoms with Gasteiger partial charge in [0.25, 0.3) is 0 Å². The maximum atomic E-state index is 13.2. The van der Waals surface area contributed by atoms with Gasteiger partial charge < -0.3 is 10.1 Å². The summed E-state index contributed by atoms with van der Waals surface area (Å²) in [5.74, 6) is 0.790. The summed E-state index contributed by atoms with van der Waals surface area (Å²) < 4.78 is 5.43. The van der Waals surface area contributed by atoms with Crippen molar-refractivity contribution in [1.29, 1.82) is 0 Å². The zero-order chi connectivity index (χ0) is 23.4. The fourth-order valence-electron chi connectivity index (χ4n) is 3.40. The van der Waals surface area contributed by atoms with Crippen molar-refractivity contribution < 1.29 is 9.53 Å². The molecular formula is C24H23ClN6O2. The van der Waals surface area contributed by atoms with Gasteiger partial charge in [-0.25, -0.2) is 4.98 Å². The van der Waals surface area contributed by atoms with Crippen LogP contribution in [0.25, 0.3) is 22.5 Å². The van der Waals surface area contributed by atoms with Crippen molar-refractivity contribution in [3.8, 4) is 28.4 Å². The molecule has 0 saturated carbocycles. The molecule has 0 bridgehead atoms. The number of anilines is 1. The van der Waals surface area contributed by atoms with Crippen molar-refractivity contribution >= 4 is 23.2 Å². The van der Waals surface area contributed by atoms with Crippen molar-refractivity contribution in [3.63, 3.8) is 0 Å². The lowest BCUT2D eigenvalue weighted by molar-refractivity contribution is -0.120. The molecular weight excluding hydrogens is 440 g/mol. The van der Waals surface area contributed by atoms with Crippen molar-refractivity contribution in [3.05, 3.63) is 71.4 Å². The van der Waals surface area contributed by atoms with Crippen LogP contribution >= 0.6 is 11.6 Å². The van der Waals surface area contributed by atoms with Gasteiger partial charge in [0, 0.05) is 34.1 Å². The van der Waals surface area contributed by atoms with Gasteiger partial charge in [-0.15, -0.1) is 10.2 Å². The number of ether oxygens (including phenoxy) is 1. The molecule has 168 valence electrons. The summed E-state index contributed by atoms with van der Waals surface area (Å²) in [5.41, 5.74) is 3.04. The van der Waals surface area contributed by atoms with Crippen molar-refractivity contribution in [1.82, 2.24) is 25.6 Å². The summed E-state index contributed by atoms with van der Waals surface area (Å²) >= 11 is 6.13. The smallest absolute Gasteiger partial charge is 0.234 e. The predicted octanol–water partition coefficient (Wildman–Crippen LogP) is 4.90. The van der Waals surface area contributed by atoms with Gasteiger partial charge in [0.1, 0.15) is 0 Å². The molecule has 4 aromatic rings. The third kappa shape index (κ3) is 4.85. The van der Waals surface area contributed by atoms with Crippen LogP contribution in [0.15, 0.2) is 60.8 Å². The summed E-state index contributed by atoms with van der Waals surface area (Å²) in [6.45, 7) is 6.16. The summed E-state index contributed by atoms with van der Waals surface area (Å²) in [5, 5.41) is 18.0. The molecule has 4 rings (SSSR count). The van der Waals surface area contributed by atoms with Crippen molar-refractivity contribution in [2.45, 2.75) is 26.2 Å². The predicted molar refractivity (Wildman–Crippen MR) is 127 cm³/mol. The van der Waals surface area contributed by atoms with E-state index >= 15 is 0 Å². The number of carbonyl (C=O) groups excluding carboxylic acids is 1. The van der Waals surface area contributed by atoms with Gasteiger partial charge in [-0.05, 0) is 67.4 Å². The van der Waals surface area contributed by atoms with E-state index in [9.17, 15) is 4.79 Å². The molecule has 1 amide bonds. The van der Waals surface area contributed by atoms with Crippen molar-refractivity contribution in [2.75, 3.05) is 11.9 Å². The molecule has 8 nitrogen and oxygen atoms in total. The second-order valence-electron chi connectivity index (χ2n) is 7.90. The van der Waals surface area contributed by atoms with Gasteiger partial charge in [-0.3, -0.25) is 4.79 Å². The number of hydrogen-bond acceptors (Lipinski definition) is 6. The van der Waals surface area contributed by atoms with Gasteiger partial charge in [0.15, 0.2) is 0 Å². The minimum Gasteiger partial charge on any atom is -0.478 e. The molecule has 0 aliphatic heterocycles. The molecule has 2 aromatic carbocycles. The van der Waals surface area contributed by atoms with Crippen LogP contribution in [0.5, 0.6) is 5.88 Å². The van der Waals surface area contributed by atoms with Crippen LogP contribution < -0.4 is 10.1 Å². The number of rotatable bonds is 7. The monoisotopic (exact) mass is 462 g/mol. The number of nitrogens with one attached hydrogen (secondary N) is 2. The zero-order valence-corrected chi connectivity index (χ0v) is 19.2. The molecule has 2 aromatic heterocycles. The number of hydrogen-bond donors (Lipinski definition) is 2. The lowest BCUT2D eigenvalue weighted by Crippen LogP contribution is -2.34. The number of halogens is 1. The normalized spacial score (nSPS) is 11.3. The SMILES string of the molecule is CCOc1ccc(-c2ccc(NC(=O)C(C)(C)c3cccc(Cl)c3)cc2-c2nn[nH]n2)cn1. The Balaban J connectivity index is 1.66. The highest BCUT2D eigenvalue weighted by atomic mass is 35.5. The largest absolute Gasteiger partial charge is 0.478 e. The fraction of sp³-hybridized carbons (Fsp3) is 0.208. The molecule has 2 heterocycles. The number of H-pyrrole nitrogens is 1. The number of carbonyl (C=O) groups is 1. The molecule has 33 heavy (non-hydrogen) atoms. The fourth-order valence-corrected chi connectivity index (χ4v) is 3.59. The summed E-state index contributed by atoms with van der Waals surface area (Å²) in [6.07, 6.45) is 1.73. The topological polar surface area (TPSA) is 106 Å². The molecule has 2 N–H and O–H groups in total. The van der Waals surface area contributed by atoms with Gasteiger partial charge in [0.05, 0.1) is 12.0 Å². The van der Waals surface area contributed by atoms with E-state index in [-0.39, 0.29) is 5.91 Å². The minimum absolute atomic E-state index is 0.167. The number of nitrogens with zero attached hydrogens (tertiary/aromatic N) is 4. The number of benzene rings is 2. The molecule has 0 saturated heterocycles. The third-order valence-corrected chi connectivity index (χ3v) is 5.55. The lowest BCUT2D eigenvalue weighted by Gasteiger charge is -2.24. The quantitative estimate of drug-likeness (QED) is 0.404. The Hall–Kier alpha value is -3.78. The molecule has 0 radical (unpaired) electrons. The maximum Gasteiger partial charge on any atom is 0.234 e. The molecule has 0 aliphatic rings. The maximum absolute atomic E-state index is 13.2. The van der Waals surface area contributed by atoms with Gasteiger partial charge in [-0.1, -0.05) is 29.8 Å². The molecule has 0 fully saturated rings. The Bertz CT molecular complexity index is 1260. The lowest BCUT2D eigenvalue weighted by atomic mass is 9.83. The minimum atomic E-state index is -0.797. The molecule has 0 atom stereocenters. The van der Waals surface area contributed by atoms with Crippen LogP contribution in [0.2, 0.25) is 5.02 Å². The Labute approximate surface area is 196 Å². The molecule has 0 aliphatic carbocycles. The number of pyridine rings is 1. The van der Waals surface area contributed by atoms with Crippen LogP contribution in [0, 0.1) is 0 Å². The first-order valence-corrected chi connectivity index (χ1v) is 10.8. The van der Waals surface area contributed by atoms with E-state index in [0.29, 0.717) is 34.6 Å². The van der Waals surface area contributed by atoms with E-state index in [0.717, 1.165) is 16.7 Å². The molecule has 0 unspecified atom stereocenters. The molecule has 0 spiro atoms. The van der Waals surface area contributed by atoms with Gasteiger partial charge >= 0.3 is 0 Å². The van der Waals surface area contributed by atoms with Crippen LogP contribution in [-0.2, 0) is 10.2 Å². The standard InChI is InChI=1S/C24H23ClN6O2/c1-4-33-21-11-8-15(14-26-21)19-10-9-18(13-20(19)22-28-30-31-29-22)27-23(32)24(2,3)16-6-5-7-17(25)12-16/h5-14H,4H2,1-3H3,(H,27,32)(H,28,29,30,31). The average Bonchev–Trinajstić information content (AvgIpc) is 3.35. The number of tetrazole rings is 1. The second-order valence-corrected chi connectivity index (χ2v) is 8.34. The molecule has 9 heteroatoms. The first-order chi connectivity index (χ1) is 15.9. The van der Waals surface area contributed by atoms with E-state index in [1.165, 1.54) is 0 Å². The highest BCUT2D eigenvalue weighted by Gasteiger charge is 2.30. The third-order valence-electron chi connectivity index (χ3n) is 5.32. The Morgan fingerprint density at radius 3 is 2.64 bits per heavy atom. The Kier molecular flexibility index (Phi) is 6.37. The summed E-state index contributed by atoms with van der Waals surface area (Å²) in [4.78, 5) is 17.5. The zero-order valence-electron chi connectivity index (χ0n) is 18.5. The highest BCUT2D eigenvalue weighted by Crippen LogP contribution is 2.34. The van der Waals surface area contributed by atoms with Crippen LogP contribution in [0.4, 0.5) is 5.69 Å². The van der Waals surface area contributed by atoms with E-state index in [4.69, 9.17) is 16.3 Å². The highest BCUT2D eigenvalue weighted by molar-refractivity contribution is 6.30. The Morgan fingerprint density at radius 1 is 1.12 bits per heavy atom. The van der Waals surface area contributed by atoms with Crippen LogP contribution in [0.1, 0.15) is 26.3 Å². The number of aromatic amines is 1.